The van der Waals surface area contributed by atoms with Crippen LogP contribution >= 0.6 is 0 Å². The van der Waals surface area contributed by atoms with E-state index in [0.717, 1.165) is 18.2 Å². The van der Waals surface area contributed by atoms with Crippen molar-refractivity contribution in [2.24, 2.45) is 5.92 Å². The summed E-state index contributed by atoms with van der Waals surface area (Å²) in [5.41, 5.74) is -0.498. The Morgan fingerprint density at radius 1 is 1.26 bits per heavy atom. The monoisotopic (exact) mass is 392 g/mol. The van der Waals surface area contributed by atoms with Crippen LogP contribution < -0.4 is 10.2 Å². The van der Waals surface area contributed by atoms with Crippen molar-refractivity contribution in [1.82, 2.24) is 5.32 Å². The lowest BCUT2D eigenvalue weighted by atomic mass is 9.90. The molecule has 2 fully saturated rings. The number of carbonyl (C=O) groups is 1. The van der Waals surface area contributed by atoms with Gasteiger partial charge in [-0.1, -0.05) is 6.07 Å². The normalized spacial score (nSPS) is 23.5. The fourth-order valence-corrected chi connectivity index (χ4v) is 3.80. The number of nitrogens with zero attached hydrogens (tertiary/aromatic N) is 1. The van der Waals surface area contributed by atoms with E-state index in [9.17, 15) is 26.7 Å². The Morgan fingerprint density at radius 2 is 1.93 bits per heavy atom. The lowest BCUT2D eigenvalue weighted by Gasteiger charge is -2.35. The average Bonchev–Trinajstić information content (AvgIpc) is 2.99. The van der Waals surface area contributed by atoms with Gasteiger partial charge in [0.25, 0.3) is 5.92 Å². The van der Waals surface area contributed by atoms with Gasteiger partial charge in [0.1, 0.15) is 0 Å². The molecule has 1 atom stereocenters. The number of alkyl halides is 5. The first-order chi connectivity index (χ1) is 12.6. The summed E-state index contributed by atoms with van der Waals surface area (Å²) in [6.45, 7) is 0.117. The second-order valence-electron chi connectivity index (χ2n) is 7.00. The van der Waals surface area contributed by atoms with Gasteiger partial charge >= 0.3 is 12.1 Å². The van der Waals surface area contributed by atoms with Gasteiger partial charge in [-0.15, -0.1) is 0 Å². The number of anilines is 1. The van der Waals surface area contributed by atoms with Gasteiger partial charge in [-0.2, -0.15) is 13.2 Å². The molecule has 0 bridgehead atoms. The van der Waals surface area contributed by atoms with E-state index in [1.54, 1.807) is 4.90 Å². The first-order valence-electron chi connectivity index (χ1n) is 8.76. The smallest absolute Gasteiger partial charge is 0.416 e. The molecule has 4 nitrogen and oxygen atoms in total. The molecule has 0 radical (unpaired) electrons. The summed E-state index contributed by atoms with van der Waals surface area (Å²) < 4.78 is 72.7. The molecule has 0 spiro atoms. The van der Waals surface area contributed by atoms with Crippen molar-refractivity contribution in [1.29, 1.82) is 0 Å². The molecule has 150 valence electrons. The number of esters is 1. The summed E-state index contributed by atoms with van der Waals surface area (Å²) >= 11 is 0. The van der Waals surface area contributed by atoms with Crippen LogP contribution in [0.25, 0.3) is 0 Å². The third kappa shape index (κ3) is 4.02. The first kappa shape index (κ1) is 19.9. The second kappa shape index (κ2) is 7.26. The fourth-order valence-electron chi connectivity index (χ4n) is 3.80. The van der Waals surface area contributed by atoms with Gasteiger partial charge < -0.3 is 15.0 Å². The van der Waals surface area contributed by atoms with Crippen LogP contribution in [-0.4, -0.2) is 45.2 Å². The minimum Gasteiger partial charge on any atom is -0.469 e. The van der Waals surface area contributed by atoms with Gasteiger partial charge in [0.05, 0.1) is 31.1 Å². The number of rotatable bonds is 3. The Balaban J connectivity index is 1.93. The molecule has 9 heteroatoms. The van der Waals surface area contributed by atoms with Crippen molar-refractivity contribution in [3.05, 3.63) is 29.3 Å². The van der Waals surface area contributed by atoms with E-state index in [-0.39, 0.29) is 29.7 Å². The minimum atomic E-state index is -4.56. The van der Waals surface area contributed by atoms with Crippen molar-refractivity contribution >= 4 is 11.7 Å². The van der Waals surface area contributed by atoms with Gasteiger partial charge in [0.15, 0.2) is 0 Å². The molecule has 1 aromatic carbocycles. The number of hydrogen-bond donors (Lipinski definition) is 1. The van der Waals surface area contributed by atoms with Gasteiger partial charge in [-0.25, -0.2) is 8.78 Å². The first-order valence-corrected chi connectivity index (χ1v) is 8.76. The Labute approximate surface area is 153 Å². The van der Waals surface area contributed by atoms with Gasteiger partial charge in [0, 0.05) is 25.3 Å². The maximum atomic E-state index is 14.2. The van der Waals surface area contributed by atoms with Crippen LogP contribution in [0.4, 0.5) is 27.6 Å². The SMILES string of the molecule is COC(=O)C1CCN(c2cc(C(F)(F)F)ccc2C2CNCC2(F)F)CC1. The highest BCUT2D eigenvalue weighted by molar-refractivity contribution is 5.73. The molecule has 2 saturated heterocycles. The van der Waals surface area contributed by atoms with Crippen LogP contribution in [0, 0.1) is 5.92 Å². The summed E-state index contributed by atoms with van der Waals surface area (Å²) in [5, 5.41) is 2.61. The molecule has 3 rings (SSSR count). The van der Waals surface area contributed by atoms with Crippen molar-refractivity contribution < 1.29 is 31.5 Å². The molecule has 1 N–H and O–H groups in total. The highest BCUT2D eigenvalue weighted by atomic mass is 19.4. The second-order valence-corrected chi connectivity index (χ2v) is 7.00. The number of carbonyl (C=O) groups excluding carboxylic acids is 1. The van der Waals surface area contributed by atoms with Crippen molar-refractivity contribution in [2.45, 2.75) is 30.9 Å². The zero-order valence-electron chi connectivity index (χ0n) is 14.8. The topological polar surface area (TPSA) is 41.6 Å². The molecular weight excluding hydrogens is 371 g/mol. The molecule has 2 heterocycles. The summed E-state index contributed by atoms with van der Waals surface area (Å²) in [4.78, 5) is 13.3. The largest absolute Gasteiger partial charge is 0.469 e. The Hall–Kier alpha value is -1.90. The Kier molecular flexibility index (Phi) is 5.33. The van der Waals surface area contributed by atoms with Crippen LogP contribution in [-0.2, 0) is 15.7 Å². The number of benzene rings is 1. The molecule has 0 amide bonds. The van der Waals surface area contributed by atoms with Crippen molar-refractivity contribution in [3.8, 4) is 0 Å². The van der Waals surface area contributed by atoms with Crippen LogP contribution in [0.15, 0.2) is 18.2 Å². The predicted octanol–water partition coefficient (Wildman–Crippen LogP) is 3.42. The number of halogens is 5. The Morgan fingerprint density at radius 3 is 2.44 bits per heavy atom. The fraction of sp³-hybridized carbons (Fsp3) is 0.611. The van der Waals surface area contributed by atoms with Crippen molar-refractivity contribution in [2.75, 3.05) is 38.2 Å². The van der Waals surface area contributed by atoms with Gasteiger partial charge in [-0.05, 0) is 30.5 Å². The molecule has 27 heavy (non-hydrogen) atoms. The van der Waals surface area contributed by atoms with Crippen LogP contribution in [0.3, 0.4) is 0 Å². The Bertz CT molecular complexity index is 699. The van der Waals surface area contributed by atoms with E-state index in [4.69, 9.17) is 4.74 Å². The predicted molar refractivity (Wildman–Crippen MR) is 89.0 cm³/mol. The molecular formula is C18H21F5N2O2. The lowest BCUT2D eigenvalue weighted by molar-refractivity contribution is -0.146. The third-order valence-corrected chi connectivity index (χ3v) is 5.32. The van der Waals surface area contributed by atoms with Crippen LogP contribution in [0.2, 0.25) is 0 Å². The van der Waals surface area contributed by atoms with E-state index in [1.165, 1.54) is 7.11 Å². The summed E-state index contributed by atoms with van der Waals surface area (Å²) in [6, 6.07) is 2.97. The zero-order valence-corrected chi connectivity index (χ0v) is 14.8. The summed E-state index contributed by atoms with van der Waals surface area (Å²) in [6.07, 6.45) is -3.75. The van der Waals surface area contributed by atoms with Gasteiger partial charge in [0.2, 0.25) is 0 Å². The van der Waals surface area contributed by atoms with Gasteiger partial charge in [-0.3, -0.25) is 4.79 Å². The third-order valence-electron chi connectivity index (χ3n) is 5.32. The van der Waals surface area contributed by atoms with E-state index < -0.39 is 30.1 Å². The van der Waals surface area contributed by atoms with Crippen LogP contribution in [0.1, 0.15) is 29.9 Å². The molecule has 0 aliphatic carbocycles. The molecule has 2 aliphatic heterocycles. The summed E-state index contributed by atoms with van der Waals surface area (Å²) in [7, 11) is 1.29. The highest BCUT2D eigenvalue weighted by Crippen LogP contribution is 2.43. The van der Waals surface area contributed by atoms with Crippen LogP contribution in [0.5, 0.6) is 0 Å². The minimum absolute atomic E-state index is 0.00396. The number of hydrogen-bond acceptors (Lipinski definition) is 4. The van der Waals surface area contributed by atoms with E-state index in [2.05, 4.69) is 5.32 Å². The van der Waals surface area contributed by atoms with E-state index >= 15 is 0 Å². The van der Waals surface area contributed by atoms with Crippen molar-refractivity contribution in [3.63, 3.8) is 0 Å². The number of methoxy groups -OCH3 is 1. The highest BCUT2D eigenvalue weighted by Gasteiger charge is 2.46. The number of ether oxygens (including phenoxy) is 1. The van der Waals surface area contributed by atoms with E-state index in [1.807, 2.05) is 0 Å². The molecule has 1 aromatic rings. The molecule has 2 aliphatic rings. The molecule has 0 saturated carbocycles. The maximum Gasteiger partial charge on any atom is 0.416 e. The summed E-state index contributed by atoms with van der Waals surface area (Å²) in [5.74, 6) is -4.90. The molecule has 0 aromatic heterocycles. The standard InChI is InChI=1S/C18H21F5N2O2/c1-27-16(26)11-4-6-25(7-5-11)15-8-12(18(21,22)23)2-3-13(15)14-9-24-10-17(14,19)20/h2-3,8,11,14,24H,4-7,9-10H2,1H3. The maximum absolute atomic E-state index is 14.2. The van der Waals surface area contributed by atoms with E-state index in [0.29, 0.717) is 25.9 Å². The number of piperidine rings is 1. The number of nitrogens with one attached hydrogen (secondary N) is 1. The lowest BCUT2D eigenvalue weighted by Crippen LogP contribution is -2.38. The average molecular weight is 392 g/mol. The molecule has 1 unspecified atom stereocenters. The quantitative estimate of drug-likeness (QED) is 0.632. The zero-order chi connectivity index (χ0) is 19.8.